The van der Waals surface area contributed by atoms with Gasteiger partial charge in [0.1, 0.15) is 0 Å². The molecule has 0 radical (unpaired) electrons. The van der Waals surface area contributed by atoms with Gasteiger partial charge < -0.3 is 5.32 Å². The minimum atomic E-state index is -3.65. The standard InChI is InChI=1S/C19H21ClN2O3S/c20-15-9-11-18(12-10-15)26(24,25)22-13-5-4-8-17(22)14-19(23)21-16-6-2-1-3-7-16/h1-3,6-7,9-12,17H,4-5,8,13-14H2,(H,21,23)/t17-/m0/s1. The van der Waals surface area contributed by atoms with Gasteiger partial charge in [0.05, 0.1) is 4.90 Å². The van der Waals surface area contributed by atoms with E-state index in [-0.39, 0.29) is 23.3 Å². The number of hydrogen-bond acceptors (Lipinski definition) is 3. The fourth-order valence-electron chi connectivity index (χ4n) is 3.18. The molecule has 0 aromatic heterocycles. The van der Waals surface area contributed by atoms with Gasteiger partial charge >= 0.3 is 0 Å². The molecule has 1 heterocycles. The quantitative estimate of drug-likeness (QED) is 0.838. The number of benzene rings is 2. The van der Waals surface area contributed by atoms with Crippen molar-refractivity contribution in [3.8, 4) is 0 Å². The highest BCUT2D eigenvalue weighted by Crippen LogP contribution is 2.28. The molecule has 0 unspecified atom stereocenters. The van der Waals surface area contributed by atoms with Crippen molar-refractivity contribution in [2.45, 2.75) is 36.6 Å². The fourth-order valence-corrected chi connectivity index (χ4v) is 5.00. The van der Waals surface area contributed by atoms with E-state index in [9.17, 15) is 13.2 Å². The van der Waals surface area contributed by atoms with Gasteiger partial charge in [0.2, 0.25) is 15.9 Å². The van der Waals surface area contributed by atoms with E-state index in [2.05, 4.69) is 5.32 Å². The summed E-state index contributed by atoms with van der Waals surface area (Å²) >= 11 is 5.86. The largest absolute Gasteiger partial charge is 0.326 e. The third kappa shape index (κ3) is 4.44. The summed E-state index contributed by atoms with van der Waals surface area (Å²) in [5.74, 6) is -0.181. The predicted molar refractivity (Wildman–Crippen MR) is 103 cm³/mol. The van der Waals surface area contributed by atoms with E-state index >= 15 is 0 Å². The zero-order valence-electron chi connectivity index (χ0n) is 14.3. The summed E-state index contributed by atoms with van der Waals surface area (Å²) in [6, 6.07) is 15.0. The number of anilines is 1. The van der Waals surface area contributed by atoms with Crippen LogP contribution in [0, 0.1) is 0 Å². The molecule has 26 heavy (non-hydrogen) atoms. The number of nitrogens with zero attached hydrogens (tertiary/aromatic N) is 1. The summed E-state index contributed by atoms with van der Waals surface area (Å²) in [5, 5.41) is 3.32. The molecule has 1 aliphatic heterocycles. The van der Waals surface area contributed by atoms with Gasteiger partial charge in [0, 0.05) is 29.7 Å². The molecule has 3 rings (SSSR count). The first-order chi connectivity index (χ1) is 12.5. The van der Waals surface area contributed by atoms with Gasteiger partial charge in [0.25, 0.3) is 0 Å². The van der Waals surface area contributed by atoms with Crippen molar-refractivity contribution in [2.75, 3.05) is 11.9 Å². The van der Waals surface area contributed by atoms with E-state index in [1.807, 2.05) is 18.2 Å². The molecule has 0 aliphatic carbocycles. The second-order valence-corrected chi connectivity index (χ2v) is 8.66. The van der Waals surface area contributed by atoms with Crippen molar-refractivity contribution in [3.63, 3.8) is 0 Å². The zero-order chi connectivity index (χ0) is 18.6. The Balaban J connectivity index is 1.75. The van der Waals surface area contributed by atoms with Gasteiger partial charge in [0.15, 0.2) is 0 Å². The van der Waals surface area contributed by atoms with Gasteiger partial charge in [-0.3, -0.25) is 4.79 Å². The molecule has 1 atom stereocenters. The third-order valence-corrected chi connectivity index (χ3v) is 6.69. The number of carbonyl (C=O) groups is 1. The highest BCUT2D eigenvalue weighted by atomic mass is 35.5. The van der Waals surface area contributed by atoms with Crippen molar-refractivity contribution in [3.05, 3.63) is 59.6 Å². The van der Waals surface area contributed by atoms with Crippen LogP contribution in [0.5, 0.6) is 0 Å². The number of rotatable bonds is 5. The van der Waals surface area contributed by atoms with Crippen LogP contribution >= 0.6 is 11.6 Å². The molecule has 1 saturated heterocycles. The molecule has 0 spiro atoms. The van der Waals surface area contributed by atoms with Crippen LogP contribution < -0.4 is 5.32 Å². The average molecular weight is 393 g/mol. The lowest BCUT2D eigenvalue weighted by molar-refractivity contribution is -0.117. The lowest BCUT2D eigenvalue weighted by Crippen LogP contribution is -2.45. The average Bonchev–Trinajstić information content (AvgIpc) is 2.63. The maximum absolute atomic E-state index is 13.0. The van der Waals surface area contributed by atoms with Crippen LogP contribution in [-0.2, 0) is 14.8 Å². The molecule has 138 valence electrons. The fraction of sp³-hybridized carbons (Fsp3) is 0.316. The SMILES string of the molecule is O=C(C[C@@H]1CCCCN1S(=O)(=O)c1ccc(Cl)cc1)Nc1ccccc1. The number of para-hydroxylation sites is 1. The molecule has 1 aliphatic rings. The Hall–Kier alpha value is -1.89. The number of carbonyl (C=O) groups excluding carboxylic acids is 1. The van der Waals surface area contributed by atoms with E-state index in [1.165, 1.54) is 16.4 Å². The number of nitrogens with one attached hydrogen (secondary N) is 1. The van der Waals surface area contributed by atoms with E-state index in [0.717, 1.165) is 12.8 Å². The summed E-state index contributed by atoms with van der Waals surface area (Å²) in [6.45, 7) is 0.425. The Kier molecular flexibility index (Phi) is 5.96. The highest BCUT2D eigenvalue weighted by molar-refractivity contribution is 7.89. The van der Waals surface area contributed by atoms with Crippen LogP contribution in [0.1, 0.15) is 25.7 Å². The normalized spacial score (nSPS) is 18.4. The number of halogens is 1. The molecule has 1 N–H and O–H groups in total. The number of piperidine rings is 1. The first kappa shape index (κ1) is 18.9. The van der Waals surface area contributed by atoms with Crippen molar-refractivity contribution in [1.82, 2.24) is 4.31 Å². The summed E-state index contributed by atoms with van der Waals surface area (Å²) in [6.07, 6.45) is 2.52. The van der Waals surface area contributed by atoms with Crippen LogP contribution in [0.15, 0.2) is 59.5 Å². The van der Waals surface area contributed by atoms with E-state index in [0.29, 0.717) is 23.7 Å². The summed E-state index contributed by atoms with van der Waals surface area (Å²) in [7, 11) is -3.65. The van der Waals surface area contributed by atoms with Gasteiger partial charge in [-0.2, -0.15) is 4.31 Å². The maximum atomic E-state index is 13.0. The summed E-state index contributed by atoms with van der Waals surface area (Å²) in [4.78, 5) is 12.6. The van der Waals surface area contributed by atoms with E-state index in [4.69, 9.17) is 11.6 Å². The second kappa shape index (κ2) is 8.20. The van der Waals surface area contributed by atoms with Crippen LogP contribution in [0.4, 0.5) is 5.69 Å². The molecule has 2 aromatic carbocycles. The Morgan fingerprint density at radius 2 is 1.77 bits per heavy atom. The first-order valence-electron chi connectivity index (χ1n) is 8.59. The van der Waals surface area contributed by atoms with Crippen LogP contribution in [0.3, 0.4) is 0 Å². The van der Waals surface area contributed by atoms with Crippen LogP contribution in [0.2, 0.25) is 5.02 Å². The molecular weight excluding hydrogens is 372 g/mol. The Bertz CT molecular complexity index is 854. The second-order valence-electron chi connectivity index (χ2n) is 6.34. The molecule has 7 heteroatoms. The highest BCUT2D eigenvalue weighted by Gasteiger charge is 2.34. The van der Waals surface area contributed by atoms with Gasteiger partial charge in [-0.1, -0.05) is 36.2 Å². The van der Waals surface area contributed by atoms with Crippen molar-refractivity contribution in [2.24, 2.45) is 0 Å². The van der Waals surface area contributed by atoms with Crippen LogP contribution in [-0.4, -0.2) is 31.2 Å². The van der Waals surface area contributed by atoms with Gasteiger partial charge in [-0.05, 0) is 49.2 Å². The molecule has 1 amide bonds. The maximum Gasteiger partial charge on any atom is 0.243 e. The van der Waals surface area contributed by atoms with Gasteiger partial charge in [-0.15, -0.1) is 0 Å². The van der Waals surface area contributed by atoms with Crippen molar-refractivity contribution < 1.29 is 13.2 Å². The minimum absolute atomic E-state index is 0.141. The van der Waals surface area contributed by atoms with E-state index < -0.39 is 10.0 Å². The smallest absolute Gasteiger partial charge is 0.243 e. The Morgan fingerprint density at radius 3 is 2.46 bits per heavy atom. The number of hydrogen-bond donors (Lipinski definition) is 1. The third-order valence-electron chi connectivity index (χ3n) is 4.47. The predicted octanol–water partition coefficient (Wildman–Crippen LogP) is 3.91. The molecular formula is C19H21ClN2O3S. The minimum Gasteiger partial charge on any atom is -0.326 e. The monoisotopic (exact) mass is 392 g/mol. The topological polar surface area (TPSA) is 66.5 Å². The molecule has 5 nitrogen and oxygen atoms in total. The Morgan fingerprint density at radius 1 is 1.08 bits per heavy atom. The number of sulfonamides is 1. The lowest BCUT2D eigenvalue weighted by atomic mass is 10.0. The van der Waals surface area contributed by atoms with E-state index in [1.54, 1.807) is 24.3 Å². The molecule has 2 aromatic rings. The molecule has 0 saturated carbocycles. The van der Waals surface area contributed by atoms with Crippen LogP contribution in [0.25, 0.3) is 0 Å². The number of amides is 1. The zero-order valence-corrected chi connectivity index (χ0v) is 15.8. The first-order valence-corrected chi connectivity index (χ1v) is 10.4. The Labute approximate surface area is 159 Å². The summed E-state index contributed by atoms with van der Waals surface area (Å²) < 4.78 is 27.5. The van der Waals surface area contributed by atoms with Gasteiger partial charge in [-0.25, -0.2) is 8.42 Å². The molecule has 1 fully saturated rings. The van der Waals surface area contributed by atoms with Crippen molar-refractivity contribution >= 4 is 33.2 Å². The van der Waals surface area contributed by atoms with Crippen molar-refractivity contribution in [1.29, 1.82) is 0 Å². The molecule has 0 bridgehead atoms. The lowest BCUT2D eigenvalue weighted by Gasteiger charge is -2.34. The summed E-state index contributed by atoms with van der Waals surface area (Å²) in [5.41, 5.74) is 0.709.